The average Bonchev–Trinajstić information content (AvgIpc) is 3.32. The Hall–Kier alpha value is -2.18. The van der Waals surface area contributed by atoms with Gasteiger partial charge in [-0.1, -0.05) is 12.1 Å². The molecule has 0 amide bonds. The van der Waals surface area contributed by atoms with Crippen molar-refractivity contribution in [2.45, 2.75) is 19.4 Å². The van der Waals surface area contributed by atoms with Crippen molar-refractivity contribution < 1.29 is 4.74 Å². The van der Waals surface area contributed by atoms with Crippen molar-refractivity contribution in [3.63, 3.8) is 0 Å². The molecule has 0 unspecified atom stereocenters. The lowest BCUT2D eigenvalue weighted by Gasteiger charge is -2.16. The number of likely N-dealkylation sites (tertiary alicyclic amines) is 1. The van der Waals surface area contributed by atoms with Crippen molar-refractivity contribution in [2.24, 2.45) is 20.0 Å². The number of hydrogen-bond donors (Lipinski definition) is 0. The topological polar surface area (TPSA) is 48.1 Å². The standard InChI is InChI=1S/C20H27N5O/c1-4-26-14-16-11-25(12-17(16)15-9-21-23(2)10-15)13-20-22-18-7-5-6-8-19(18)24(20)3/h5-10,16-17H,4,11-14H2,1-3H3/t16-,17-/m0/s1. The Morgan fingerprint density at radius 2 is 2.04 bits per heavy atom. The molecule has 6 nitrogen and oxygen atoms in total. The molecule has 4 rings (SSSR count). The number of aromatic nitrogens is 4. The molecule has 26 heavy (non-hydrogen) atoms. The molecule has 0 N–H and O–H groups in total. The fraction of sp³-hybridized carbons (Fsp3) is 0.500. The van der Waals surface area contributed by atoms with E-state index in [4.69, 9.17) is 9.72 Å². The van der Waals surface area contributed by atoms with Crippen molar-refractivity contribution in [2.75, 3.05) is 26.3 Å². The molecular formula is C20H27N5O. The van der Waals surface area contributed by atoms with Gasteiger partial charge in [0.15, 0.2) is 0 Å². The molecule has 1 aliphatic rings. The summed E-state index contributed by atoms with van der Waals surface area (Å²) in [6.45, 7) is 6.54. The summed E-state index contributed by atoms with van der Waals surface area (Å²) in [4.78, 5) is 7.34. The van der Waals surface area contributed by atoms with E-state index in [2.05, 4.69) is 52.9 Å². The highest BCUT2D eigenvalue weighted by atomic mass is 16.5. The van der Waals surface area contributed by atoms with Crippen LogP contribution in [0.5, 0.6) is 0 Å². The largest absolute Gasteiger partial charge is 0.381 e. The van der Waals surface area contributed by atoms with E-state index in [0.29, 0.717) is 11.8 Å². The zero-order valence-electron chi connectivity index (χ0n) is 15.8. The monoisotopic (exact) mass is 353 g/mol. The molecule has 138 valence electrons. The molecule has 0 radical (unpaired) electrons. The van der Waals surface area contributed by atoms with Crippen LogP contribution in [-0.4, -0.2) is 50.5 Å². The van der Waals surface area contributed by atoms with Crippen LogP contribution < -0.4 is 0 Å². The molecule has 2 aromatic heterocycles. The Kier molecular flexibility index (Phi) is 4.78. The smallest absolute Gasteiger partial charge is 0.123 e. The Labute approximate surface area is 154 Å². The summed E-state index contributed by atoms with van der Waals surface area (Å²) in [5, 5.41) is 4.37. The van der Waals surface area contributed by atoms with Gasteiger partial charge in [-0.25, -0.2) is 4.98 Å². The second-order valence-corrected chi connectivity index (χ2v) is 7.24. The maximum Gasteiger partial charge on any atom is 0.123 e. The molecule has 3 aromatic rings. The third-order valence-electron chi connectivity index (χ3n) is 5.45. The zero-order valence-corrected chi connectivity index (χ0v) is 15.8. The van der Waals surface area contributed by atoms with E-state index in [1.165, 1.54) is 11.1 Å². The predicted molar refractivity (Wildman–Crippen MR) is 102 cm³/mol. The minimum absolute atomic E-state index is 0.463. The van der Waals surface area contributed by atoms with Gasteiger partial charge in [0.05, 0.1) is 30.4 Å². The summed E-state index contributed by atoms with van der Waals surface area (Å²) in [6, 6.07) is 8.33. The van der Waals surface area contributed by atoms with Crippen LogP contribution in [0.25, 0.3) is 11.0 Å². The van der Waals surface area contributed by atoms with Gasteiger partial charge in [-0.2, -0.15) is 5.10 Å². The van der Waals surface area contributed by atoms with E-state index >= 15 is 0 Å². The van der Waals surface area contributed by atoms with Gasteiger partial charge in [-0.05, 0) is 24.6 Å². The lowest BCUT2D eigenvalue weighted by atomic mass is 9.92. The lowest BCUT2D eigenvalue weighted by Crippen LogP contribution is -2.23. The number of imidazole rings is 1. The van der Waals surface area contributed by atoms with Gasteiger partial charge in [0.1, 0.15) is 5.82 Å². The summed E-state index contributed by atoms with van der Waals surface area (Å²) < 4.78 is 9.87. The number of nitrogens with zero attached hydrogens (tertiary/aromatic N) is 5. The maximum atomic E-state index is 5.77. The molecule has 0 aliphatic carbocycles. The zero-order chi connectivity index (χ0) is 18.1. The third kappa shape index (κ3) is 3.27. The Morgan fingerprint density at radius 3 is 2.77 bits per heavy atom. The Bertz CT molecular complexity index is 883. The first-order valence-corrected chi connectivity index (χ1v) is 9.34. The van der Waals surface area contributed by atoms with Crippen LogP contribution in [-0.2, 0) is 25.4 Å². The number of ether oxygens (including phenoxy) is 1. The summed E-state index contributed by atoms with van der Waals surface area (Å²) in [6.07, 6.45) is 4.14. The summed E-state index contributed by atoms with van der Waals surface area (Å²) in [5.74, 6) is 2.08. The minimum atomic E-state index is 0.463. The van der Waals surface area contributed by atoms with Gasteiger partial charge in [-0.15, -0.1) is 0 Å². The second kappa shape index (κ2) is 7.21. The number of rotatable bonds is 6. The van der Waals surface area contributed by atoms with Crippen molar-refractivity contribution in [3.05, 3.63) is 48.0 Å². The molecule has 0 saturated carbocycles. The van der Waals surface area contributed by atoms with Gasteiger partial charge in [0, 0.05) is 51.8 Å². The van der Waals surface area contributed by atoms with Crippen LogP contribution in [0.3, 0.4) is 0 Å². The lowest BCUT2D eigenvalue weighted by molar-refractivity contribution is 0.107. The van der Waals surface area contributed by atoms with Crippen molar-refractivity contribution in [1.82, 2.24) is 24.2 Å². The summed E-state index contributed by atoms with van der Waals surface area (Å²) >= 11 is 0. The van der Waals surface area contributed by atoms with Crippen molar-refractivity contribution in [1.29, 1.82) is 0 Å². The van der Waals surface area contributed by atoms with Crippen LogP contribution in [0.4, 0.5) is 0 Å². The van der Waals surface area contributed by atoms with Gasteiger partial charge in [0.25, 0.3) is 0 Å². The van der Waals surface area contributed by atoms with Gasteiger partial charge < -0.3 is 9.30 Å². The van der Waals surface area contributed by atoms with Gasteiger partial charge >= 0.3 is 0 Å². The minimum Gasteiger partial charge on any atom is -0.381 e. The molecule has 1 fully saturated rings. The van der Waals surface area contributed by atoms with Crippen LogP contribution in [0.2, 0.25) is 0 Å². The first-order chi connectivity index (χ1) is 12.7. The fourth-order valence-electron chi connectivity index (χ4n) is 4.07. The summed E-state index contributed by atoms with van der Waals surface area (Å²) in [5.41, 5.74) is 3.57. The highest BCUT2D eigenvalue weighted by Crippen LogP contribution is 2.33. The molecule has 1 aliphatic heterocycles. The molecule has 1 aromatic carbocycles. The Morgan fingerprint density at radius 1 is 1.19 bits per heavy atom. The van der Waals surface area contributed by atoms with Gasteiger partial charge in [0.2, 0.25) is 0 Å². The first kappa shape index (κ1) is 17.2. The number of hydrogen-bond acceptors (Lipinski definition) is 4. The molecule has 0 spiro atoms. The SMILES string of the molecule is CCOC[C@@H]1CN(Cc2nc3ccccc3n2C)C[C@H]1c1cnn(C)c1. The third-order valence-corrected chi connectivity index (χ3v) is 5.45. The highest BCUT2D eigenvalue weighted by Gasteiger charge is 2.35. The van der Waals surface area contributed by atoms with E-state index in [1.54, 1.807) is 0 Å². The average molecular weight is 353 g/mol. The van der Waals surface area contributed by atoms with Crippen molar-refractivity contribution in [3.8, 4) is 0 Å². The predicted octanol–water partition coefficient (Wildman–Crippen LogP) is 2.56. The normalized spacial score (nSPS) is 21.0. The second-order valence-electron chi connectivity index (χ2n) is 7.24. The molecule has 3 heterocycles. The van der Waals surface area contributed by atoms with E-state index in [1.807, 2.05) is 24.0 Å². The van der Waals surface area contributed by atoms with Crippen molar-refractivity contribution >= 4 is 11.0 Å². The fourth-order valence-corrected chi connectivity index (χ4v) is 4.07. The van der Waals surface area contributed by atoms with E-state index in [-0.39, 0.29) is 0 Å². The number of para-hydroxylation sites is 2. The van der Waals surface area contributed by atoms with E-state index < -0.39 is 0 Å². The maximum absolute atomic E-state index is 5.77. The number of benzene rings is 1. The molecule has 6 heteroatoms. The number of aryl methyl sites for hydroxylation is 2. The summed E-state index contributed by atoms with van der Waals surface area (Å²) in [7, 11) is 4.09. The van der Waals surface area contributed by atoms with Crippen LogP contribution in [0.15, 0.2) is 36.7 Å². The molecule has 0 bridgehead atoms. The van der Waals surface area contributed by atoms with Crippen LogP contribution >= 0.6 is 0 Å². The Balaban J connectivity index is 1.54. The van der Waals surface area contributed by atoms with E-state index in [9.17, 15) is 0 Å². The van der Waals surface area contributed by atoms with E-state index in [0.717, 1.165) is 44.2 Å². The molecule has 2 atom stereocenters. The highest BCUT2D eigenvalue weighted by molar-refractivity contribution is 5.75. The molecule has 1 saturated heterocycles. The molecular weight excluding hydrogens is 326 g/mol. The van der Waals surface area contributed by atoms with Gasteiger partial charge in [-0.3, -0.25) is 9.58 Å². The first-order valence-electron chi connectivity index (χ1n) is 9.34. The van der Waals surface area contributed by atoms with Crippen LogP contribution in [0.1, 0.15) is 24.2 Å². The quantitative estimate of drug-likeness (QED) is 0.683. The number of fused-ring (bicyclic) bond motifs is 1. The van der Waals surface area contributed by atoms with Crippen LogP contribution in [0, 0.1) is 5.92 Å².